The zero-order chi connectivity index (χ0) is 21.8. The molecule has 1 aromatic carbocycles. The monoisotopic (exact) mass is 413 g/mol. The first kappa shape index (κ1) is 21.8. The lowest BCUT2D eigenvalue weighted by Gasteiger charge is -2.41. The summed E-state index contributed by atoms with van der Waals surface area (Å²) in [7, 11) is 1.84. The molecule has 3 rings (SSSR count). The van der Waals surface area contributed by atoms with Gasteiger partial charge in [0.2, 0.25) is 11.8 Å². The fraction of sp³-hybridized carbons (Fsp3) is 0.500. The number of rotatable bonds is 6. The third kappa shape index (κ3) is 5.18. The van der Waals surface area contributed by atoms with Crippen molar-refractivity contribution in [1.29, 1.82) is 0 Å². The lowest BCUT2D eigenvalue weighted by atomic mass is 10.0. The molecule has 1 aromatic heterocycles. The number of hydrogen-bond donors (Lipinski definition) is 1. The Kier molecular flexibility index (Phi) is 6.77. The molecule has 8 nitrogen and oxygen atoms in total. The largest absolute Gasteiger partial charge is 0.491 e. The quantitative estimate of drug-likeness (QED) is 0.786. The van der Waals surface area contributed by atoms with Crippen molar-refractivity contribution in [3.05, 3.63) is 41.7 Å². The maximum absolute atomic E-state index is 12.7. The maximum Gasteiger partial charge on any atom is 0.238 e. The van der Waals surface area contributed by atoms with Gasteiger partial charge in [0.1, 0.15) is 5.75 Å². The van der Waals surface area contributed by atoms with Gasteiger partial charge in [0.25, 0.3) is 0 Å². The lowest BCUT2D eigenvalue weighted by molar-refractivity contribution is -0.132. The first-order valence-electron chi connectivity index (χ1n) is 10.3. The number of aromatic nitrogens is 2. The zero-order valence-electron chi connectivity index (χ0n) is 18.4. The minimum atomic E-state index is -0.0906. The van der Waals surface area contributed by atoms with Crippen LogP contribution in [0.25, 0.3) is 0 Å². The van der Waals surface area contributed by atoms with Crippen LogP contribution in [0.5, 0.6) is 5.75 Å². The van der Waals surface area contributed by atoms with Gasteiger partial charge in [-0.05, 0) is 38.5 Å². The zero-order valence-corrected chi connectivity index (χ0v) is 18.4. The average molecular weight is 414 g/mol. The first-order valence-corrected chi connectivity index (χ1v) is 10.3. The minimum absolute atomic E-state index is 0.0508. The van der Waals surface area contributed by atoms with Crippen LogP contribution in [-0.4, -0.2) is 63.7 Å². The van der Waals surface area contributed by atoms with Crippen LogP contribution in [-0.2, 0) is 16.6 Å². The van der Waals surface area contributed by atoms with Crippen molar-refractivity contribution in [2.75, 3.05) is 31.5 Å². The van der Waals surface area contributed by atoms with Gasteiger partial charge in [-0.1, -0.05) is 12.1 Å². The van der Waals surface area contributed by atoms with Crippen molar-refractivity contribution in [2.24, 2.45) is 7.05 Å². The summed E-state index contributed by atoms with van der Waals surface area (Å²) in [6, 6.07) is 7.86. The predicted octanol–water partition coefficient (Wildman–Crippen LogP) is 2.36. The van der Waals surface area contributed by atoms with E-state index in [0.29, 0.717) is 19.6 Å². The topological polar surface area (TPSA) is 79.7 Å². The highest BCUT2D eigenvalue weighted by Crippen LogP contribution is 2.27. The van der Waals surface area contributed by atoms with Crippen molar-refractivity contribution in [1.82, 2.24) is 19.6 Å². The Hall–Kier alpha value is -2.87. The number of carbonyl (C=O) groups is 2. The summed E-state index contributed by atoms with van der Waals surface area (Å²) < 4.78 is 7.46. The maximum atomic E-state index is 12.7. The van der Waals surface area contributed by atoms with Crippen LogP contribution in [0.2, 0.25) is 0 Å². The van der Waals surface area contributed by atoms with Crippen LogP contribution in [0.1, 0.15) is 38.1 Å². The molecule has 0 bridgehead atoms. The summed E-state index contributed by atoms with van der Waals surface area (Å²) in [5.74, 6) is 0.770. The Labute approximate surface area is 177 Å². The molecule has 1 N–H and O–H groups in total. The van der Waals surface area contributed by atoms with Gasteiger partial charge in [-0.25, -0.2) is 0 Å². The minimum Gasteiger partial charge on any atom is -0.491 e. The first-order chi connectivity index (χ1) is 14.2. The SMILES string of the molecule is CC(=O)N1CCN(CC(=O)Nc2cnn(C)c2C)[C@H](c2ccc(OC(C)C)cc2)C1. The second kappa shape index (κ2) is 9.30. The third-order valence-electron chi connectivity index (χ3n) is 5.43. The van der Waals surface area contributed by atoms with Crippen LogP contribution in [0.4, 0.5) is 5.69 Å². The molecule has 8 heteroatoms. The van der Waals surface area contributed by atoms with Crippen LogP contribution >= 0.6 is 0 Å². The summed E-state index contributed by atoms with van der Waals surface area (Å²) in [6.07, 6.45) is 1.76. The number of nitrogens with zero attached hydrogens (tertiary/aromatic N) is 4. The molecule has 162 valence electrons. The smallest absolute Gasteiger partial charge is 0.238 e. The van der Waals surface area contributed by atoms with Gasteiger partial charge < -0.3 is 15.0 Å². The van der Waals surface area contributed by atoms with Gasteiger partial charge in [-0.2, -0.15) is 5.10 Å². The summed E-state index contributed by atoms with van der Waals surface area (Å²) in [5, 5.41) is 7.12. The fourth-order valence-corrected chi connectivity index (χ4v) is 3.65. The molecule has 30 heavy (non-hydrogen) atoms. The molecule has 0 saturated carbocycles. The number of anilines is 1. The Morgan fingerprint density at radius 2 is 1.93 bits per heavy atom. The number of nitrogens with one attached hydrogen (secondary N) is 1. The molecule has 1 saturated heterocycles. The van der Waals surface area contributed by atoms with Gasteiger partial charge in [0, 0.05) is 33.6 Å². The van der Waals surface area contributed by atoms with E-state index in [1.165, 1.54) is 0 Å². The van der Waals surface area contributed by atoms with Gasteiger partial charge in [0.05, 0.1) is 36.3 Å². The molecular formula is C22H31N5O3. The third-order valence-corrected chi connectivity index (χ3v) is 5.43. The van der Waals surface area contributed by atoms with Crippen LogP contribution < -0.4 is 10.1 Å². The lowest BCUT2D eigenvalue weighted by Crippen LogP contribution is -2.51. The summed E-state index contributed by atoms with van der Waals surface area (Å²) in [6.45, 7) is 9.53. The highest BCUT2D eigenvalue weighted by molar-refractivity contribution is 5.92. The van der Waals surface area contributed by atoms with E-state index in [2.05, 4.69) is 15.3 Å². The van der Waals surface area contributed by atoms with Crippen LogP contribution in [0.15, 0.2) is 30.5 Å². The number of hydrogen-bond acceptors (Lipinski definition) is 5. The number of ether oxygens (including phenoxy) is 1. The number of carbonyl (C=O) groups excluding carboxylic acids is 2. The van der Waals surface area contributed by atoms with Crippen LogP contribution in [0.3, 0.4) is 0 Å². The van der Waals surface area contributed by atoms with Crippen molar-refractivity contribution in [3.63, 3.8) is 0 Å². The molecular weight excluding hydrogens is 382 g/mol. The van der Waals surface area contributed by atoms with Gasteiger partial charge in [-0.3, -0.25) is 19.2 Å². The molecule has 1 fully saturated rings. The molecule has 0 spiro atoms. The predicted molar refractivity (Wildman–Crippen MR) is 115 cm³/mol. The van der Waals surface area contributed by atoms with E-state index >= 15 is 0 Å². The molecule has 0 aliphatic carbocycles. The molecule has 2 heterocycles. The number of piperazine rings is 1. The van der Waals surface area contributed by atoms with E-state index < -0.39 is 0 Å². The Bertz CT molecular complexity index is 891. The fourth-order valence-electron chi connectivity index (χ4n) is 3.65. The van der Waals surface area contributed by atoms with E-state index in [0.717, 1.165) is 22.7 Å². The normalized spacial score (nSPS) is 17.3. The highest BCUT2D eigenvalue weighted by atomic mass is 16.5. The molecule has 1 aliphatic heterocycles. The molecule has 2 amide bonds. The summed E-state index contributed by atoms with van der Waals surface area (Å²) in [4.78, 5) is 28.6. The van der Waals surface area contributed by atoms with Crippen molar-refractivity contribution in [2.45, 2.75) is 39.8 Å². The second-order valence-electron chi connectivity index (χ2n) is 8.00. The van der Waals surface area contributed by atoms with E-state index in [9.17, 15) is 9.59 Å². The van der Waals surface area contributed by atoms with Crippen molar-refractivity contribution in [3.8, 4) is 5.75 Å². The standard InChI is InChI=1S/C22H31N5O3/c1-15(2)30-19-8-6-18(7-9-19)21-13-26(17(4)28)10-11-27(21)14-22(29)24-20-12-23-25(5)16(20)3/h6-9,12,15,21H,10-11,13-14H2,1-5H3,(H,24,29)/t21-/m0/s1. The number of benzene rings is 1. The van der Waals surface area contributed by atoms with Crippen molar-refractivity contribution < 1.29 is 14.3 Å². The van der Waals surface area contributed by atoms with Gasteiger partial charge in [-0.15, -0.1) is 0 Å². The Balaban J connectivity index is 1.74. The number of aryl methyl sites for hydroxylation is 1. The van der Waals surface area contributed by atoms with E-state index in [1.54, 1.807) is 17.8 Å². The molecule has 0 unspecified atom stereocenters. The average Bonchev–Trinajstić information content (AvgIpc) is 3.00. The van der Waals surface area contributed by atoms with Gasteiger partial charge in [0.15, 0.2) is 0 Å². The Morgan fingerprint density at radius 3 is 2.50 bits per heavy atom. The summed E-state index contributed by atoms with van der Waals surface area (Å²) in [5.41, 5.74) is 2.68. The summed E-state index contributed by atoms with van der Waals surface area (Å²) >= 11 is 0. The van der Waals surface area contributed by atoms with Gasteiger partial charge >= 0.3 is 0 Å². The molecule has 2 aromatic rings. The Morgan fingerprint density at radius 1 is 1.23 bits per heavy atom. The van der Waals surface area contributed by atoms with Crippen LogP contribution in [0, 0.1) is 6.92 Å². The molecule has 1 atom stereocenters. The van der Waals surface area contributed by atoms with E-state index in [4.69, 9.17) is 4.74 Å². The van der Waals surface area contributed by atoms with E-state index in [-0.39, 0.29) is 30.5 Å². The van der Waals surface area contributed by atoms with E-state index in [1.807, 2.05) is 57.0 Å². The molecule has 0 radical (unpaired) electrons. The number of amides is 2. The van der Waals surface area contributed by atoms with Crippen molar-refractivity contribution >= 4 is 17.5 Å². The highest BCUT2D eigenvalue weighted by Gasteiger charge is 2.30. The molecule has 1 aliphatic rings. The second-order valence-corrected chi connectivity index (χ2v) is 8.00.